The van der Waals surface area contributed by atoms with E-state index < -0.39 is 5.97 Å². The molecule has 3 aromatic rings. The minimum Gasteiger partial charge on any atom is -0.490 e. The Kier molecular flexibility index (Phi) is 3.46. The lowest BCUT2D eigenvalue weighted by atomic mass is 9.95. The van der Waals surface area contributed by atoms with Crippen LogP contribution in [0.25, 0.3) is 21.5 Å². The number of rotatable bonds is 4. The molecule has 0 spiro atoms. The maximum atomic E-state index is 11.7. The molecule has 0 amide bonds. The Hall–Kier alpha value is -2.59. The molecule has 21 heavy (non-hydrogen) atoms. The molecule has 3 rings (SSSR count). The van der Waals surface area contributed by atoms with Gasteiger partial charge in [-0.25, -0.2) is 4.79 Å². The number of hydrogen-bond acceptors (Lipinski definition) is 3. The number of carboxylic acid groups (broad SMARTS) is 1. The largest absolute Gasteiger partial charge is 0.490 e. The van der Waals surface area contributed by atoms with Crippen molar-refractivity contribution in [1.82, 2.24) is 0 Å². The van der Waals surface area contributed by atoms with Gasteiger partial charge in [-0.2, -0.15) is 0 Å². The zero-order chi connectivity index (χ0) is 14.8. The van der Waals surface area contributed by atoms with Crippen LogP contribution in [0.2, 0.25) is 0 Å². The van der Waals surface area contributed by atoms with E-state index in [2.05, 4.69) is 0 Å². The van der Waals surface area contributed by atoms with Gasteiger partial charge in [0.25, 0.3) is 0 Å². The normalized spacial score (nSPS) is 10.9. The van der Waals surface area contributed by atoms with E-state index >= 15 is 0 Å². The fourth-order valence-corrected chi connectivity index (χ4v) is 2.62. The first-order valence-corrected chi connectivity index (χ1v) is 6.64. The van der Waals surface area contributed by atoms with Crippen molar-refractivity contribution in [2.24, 2.45) is 0 Å². The molecule has 0 saturated heterocycles. The average Bonchev–Trinajstić information content (AvgIpc) is 2.51. The molecular weight excluding hydrogens is 268 g/mol. The molecule has 0 aliphatic heterocycles. The molecule has 0 unspecified atom stereocenters. The van der Waals surface area contributed by atoms with Crippen LogP contribution in [0.15, 0.2) is 48.5 Å². The van der Waals surface area contributed by atoms with Gasteiger partial charge in [-0.1, -0.05) is 48.5 Å². The first-order valence-electron chi connectivity index (χ1n) is 6.64. The molecule has 4 nitrogen and oxygen atoms in total. The van der Waals surface area contributed by atoms with E-state index in [-0.39, 0.29) is 18.8 Å². The highest BCUT2D eigenvalue weighted by atomic mass is 16.5. The van der Waals surface area contributed by atoms with Gasteiger partial charge in [-0.3, -0.25) is 0 Å². The summed E-state index contributed by atoms with van der Waals surface area (Å²) in [6.07, 6.45) is 0. The summed E-state index contributed by atoms with van der Waals surface area (Å²) in [6.45, 7) is 0.0732. The summed E-state index contributed by atoms with van der Waals surface area (Å²) in [5.74, 6) is -0.351. The van der Waals surface area contributed by atoms with Crippen LogP contribution in [0.4, 0.5) is 0 Å². The predicted octanol–water partition coefficient (Wildman–Crippen LogP) is 3.06. The minimum absolute atomic E-state index is 0.0939. The lowest BCUT2D eigenvalue weighted by Gasteiger charge is -2.15. The zero-order valence-corrected chi connectivity index (χ0v) is 11.2. The molecule has 0 aliphatic rings. The number of fused-ring (bicyclic) bond motifs is 2. The molecular formula is C17H14O4. The number of aromatic carboxylic acids is 1. The van der Waals surface area contributed by atoms with Crippen molar-refractivity contribution in [1.29, 1.82) is 0 Å². The van der Waals surface area contributed by atoms with E-state index in [1.165, 1.54) is 0 Å². The Balaban J connectivity index is 2.47. The molecule has 2 N–H and O–H groups in total. The second-order valence-electron chi connectivity index (χ2n) is 4.67. The predicted molar refractivity (Wildman–Crippen MR) is 81.0 cm³/mol. The quantitative estimate of drug-likeness (QED) is 0.722. The number of aliphatic hydroxyl groups excluding tert-OH is 1. The van der Waals surface area contributed by atoms with Crippen LogP contribution < -0.4 is 4.74 Å². The van der Waals surface area contributed by atoms with Crippen molar-refractivity contribution in [2.45, 2.75) is 0 Å². The monoisotopic (exact) mass is 282 g/mol. The van der Waals surface area contributed by atoms with E-state index in [0.29, 0.717) is 16.5 Å². The number of carbonyl (C=O) groups is 1. The summed E-state index contributed by atoms with van der Waals surface area (Å²) in [7, 11) is 0. The molecule has 0 bridgehead atoms. The van der Waals surface area contributed by atoms with E-state index in [9.17, 15) is 9.90 Å². The van der Waals surface area contributed by atoms with E-state index in [1.807, 2.05) is 24.3 Å². The van der Waals surface area contributed by atoms with Gasteiger partial charge in [0.2, 0.25) is 0 Å². The molecule has 4 heteroatoms. The fourth-order valence-electron chi connectivity index (χ4n) is 2.62. The van der Waals surface area contributed by atoms with Crippen LogP contribution in [0.3, 0.4) is 0 Å². The smallest absolute Gasteiger partial charge is 0.336 e. The highest BCUT2D eigenvalue weighted by molar-refractivity contribution is 6.19. The molecule has 0 atom stereocenters. The molecule has 0 saturated carbocycles. The first-order chi connectivity index (χ1) is 10.2. The zero-order valence-electron chi connectivity index (χ0n) is 11.2. The van der Waals surface area contributed by atoms with Crippen molar-refractivity contribution in [2.75, 3.05) is 13.2 Å². The van der Waals surface area contributed by atoms with Gasteiger partial charge in [0.1, 0.15) is 12.4 Å². The Bertz CT molecular complexity index is 766. The highest BCUT2D eigenvalue weighted by Gasteiger charge is 2.18. The summed E-state index contributed by atoms with van der Waals surface area (Å²) in [5, 5.41) is 21.3. The van der Waals surface area contributed by atoms with Gasteiger partial charge in [0.15, 0.2) is 0 Å². The number of ether oxygens (including phenoxy) is 1. The topological polar surface area (TPSA) is 66.8 Å². The van der Waals surface area contributed by atoms with Crippen molar-refractivity contribution in [3.63, 3.8) is 0 Å². The van der Waals surface area contributed by atoms with Gasteiger partial charge in [0.05, 0.1) is 12.2 Å². The standard InChI is InChI=1S/C17H14O4/c18-9-10-21-16-13-7-3-1-5-11(13)15(17(19)20)12-6-2-4-8-14(12)16/h1-8,18H,9-10H2,(H,19,20). The summed E-state index contributed by atoms with van der Waals surface area (Å²) >= 11 is 0. The van der Waals surface area contributed by atoms with Gasteiger partial charge in [0, 0.05) is 21.5 Å². The van der Waals surface area contributed by atoms with Gasteiger partial charge >= 0.3 is 5.97 Å². The Labute approximate surface area is 121 Å². The van der Waals surface area contributed by atoms with Crippen molar-refractivity contribution in [3.05, 3.63) is 54.1 Å². The summed E-state index contributed by atoms with van der Waals surface area (Å²) in [6, 6.07) is 14.5. The maximum Gasteiger partial charge on any atom is 0.336 e. The average molecular weight is 282 g/mol. The summed E-state index contributed by atoms with van der Waals surface area (Å²) < 4.78 is 5.67. The Morgan fingerprint density at radius 1 is 0.905 bits per heavy atom. The van der Waals surface area contributed by atoms with E-state index in [0.717, 1.165) is 10.8 Å². The molecule has 0 heterocycles. The summed E-state index contributed by atoms with van der Waals surface area (Å²) in [4.78, 5) is 11.7. The molecule has 106 valence electrons. The molecule has 0 aromatic heterocycles. The SMILES string of the molecule is O=C(O)c1c2ccccc2c(OCCO)c2ccccc12. The third-order valence-electron chi connectivity index (χ3n) is 3.43. The van der Waals surface area contributed by atoms with Crippen molar-refractivity contribution in [3.8, 4) is 5.75 Å². The molecule has 3 aromatic carbocycles. The van der Waals surface area contributed by atoms with Gasteiger partial charge in [-0.15, -0.1) is 0 Å². The number of aliphatic hydroxyl groups is 1. The van der Waals surface area contributed by atoms with Crippen molar-refractivity contribution < 1.29 is 19.7 Å². The van der Waals surface area contributed by atoms with E-state index in [1.54, 1.807) is 24.3 Å². The second kappa shape index (κ2) is 5.42. The van der Waals surface area contributed by atoms with Gasteiger partial charge < -0.3 is 14.9 Å². The fraction of sp³-hybridized carbons (Fsp3) is 0.118. The van der Waals surface area contributed by atoms with Gasteiger partial charge in [-0.05, 0) is 0 Å². The number of hydrogen-bond donors (Lipinski definition) is 2. The third-order valence-corrected chi connectivity index (χ3v) is 3.43. The van der Waals surface area contributed by atoms with E-state index in [4.69, 9.17) is 9.84 Å². The van der Waals surface area contributed by atoms with Crippen LogP contribution in [0.5, 0.6) is 5.75 Å². The molecule has 0 radical (unpaired) electrons. The van der Waals surface area contributed by atoms with Crippen molar-refractivity contribution >= 4 is 27.5 Å². The first kappa shape index (κ1) is 13.4. The number of carboxylic acids is 1. The Morgan fingerprint density at radius 3 is 1.81 bits per heavy atom. The Morgan fingerprint density at radius 2 is 1.38 bits per heavy atom. The van der Waals surface area contributed by atoms with Crippen LogP contribution in [0.1, 0.15) is 10.4 Å². The summed E-state index contributed by atoms with van der Waals surface area (Å²) in [5.41, 5.74) is 0.276. The van der Waals surface area contributed by atoms with Crippen LogP contribution >= 0.6 is 0 Å². The molecule has 0 aliphatic carbocycles. The van der Waals surface area contributed by atoms with Crippen LogP contribution in [0, 0.1) is 0 Å². The second-order valence-corrected chi connectivity index (χ2v) is 4.67. The van der Waals surface area contributed by atoms with Crippen LogP contribution in [-0.4, -0.2) is 29.4 Å². The third kappa shape index (κ3) is 2.19. The number of benzene rings is 3. The maximum absolute atomic E-state index is 11.7. The van der Waals surface area contributed by atoms with Crippen LogP contribution in [-0.2, 0) is 0 Å². The lowest BCUT2D eigenvalue weighted by molar-refractivity contribution is 0.0701. The highest BCUT2D eigenvalue weighted by Crippen LogP contribution is 2.38. The lowest BCUT2D eigenvalue weighted by Crippen LogP contribution is -2.05. The minimum atomic E-state index is -0.962. The molecule has 0 fully saturated rings.